The van der Waals surface area contributed by atoms with Gasteiger partial charge in [-0.1, -0.05) is 6.07 Å². The summed E-state index contributed by atoms with van der Waals surface area (Å²) in [7, 11) is 1.07. The first-order valence-corrected chi connectivity index (χ1v) is 12.8. The lowest BCUT2D eigenvalue weighted by atomic mass is 9.80. The Kier molecular flexibility index (Phi) is 8.34. The van der Waals surface area contributed by atoms with Crippen molar-refractivity contribution < 1.29 is 45.8 Å². The highest BCUT2D eigenvalue weighted by Crippen LogP contribution is 2.53. The molecule has 0 radical (unpaired) electrons. The van der Waals surface area contributed by atoms with Crippen LogP contribution in [0, 0.1) is 0 Å². The number of carbonyl (C=O) groups excluding carboxylic acids is 2. The Morgan fingerprint density at radius 2 is 1.77 bits per heavy atom. The molecule has 0 spiro atoms. The van der Waals surface area contributed by atoms with E-state index in [1.54, 1.807) is 4.90 Å². The fourth-order valence-electron chi connectivity index (χ4n) is 4.17. The van der Waals surface area contributed by atoms with E-state index < -0.39 is 40.7 Å². The number of nitrogens with zero attached hydrogens (tertiary/aromatic N) is 2. The summed E-state index contributed by atoms with van der Waals surface area (Å²) in [5.74, 6) is -1.61. The summed E-state index contributed by atoms with van der Waals surface area (Å²) in [5.41, 5.74) is -6.71. The first-order chi connectivity index (χ1) is 17.8. The molecule has 0 aliphatic carbocycles. The number of aliphatic hydroxyl groups is 1. The number of carbonyl (C=O) groups is 2. The Labute approximate surface area is 225 Å². The Balaban J connectivity index is 2.17. The summed E-state index contributed by atoms with van der Waals surface area (Å²) in [6.07, 6.45) is -9.87. The predicted octanol–water partition coefficient (Wildman–Crippen LogP) is 5.33. The minimum absolute atomic E-state index is 0.00203. The van der Waals surface area contributed by atoms with Gasteiger partial charge in [-0.25, -0.2) is 4.98 Å². The molecule has 1 saturated heterocycles. The summed E-state index contributed by atoms with van der Waals surface area (Å²) in [4.78, 5) is 32.0. The number of benzene rings is 1. The van der Waals surface area contributed by atoms with Crippen LogP contribution in [-0.4, -0.2) is 71.0 Å². The second-order valence-corrected chi connectivity index (χ2v) is 11.2. The van der Waals surface area contributed by atoms with Crippen LogP contribution in [-0.2, 0) is 5.41 Å². The maximum atomic E-state index is 13.7. The molecule has 2 amide bonds. The molecule has 0 saturated carbocycles. The number of halogens is 6. The third-order valence-electron chi connectivity index (χ3n) is 6.68. The predicted molar refractivity (Wildman–Crippen MR) is 132 cm³/mol. The van der Waals surface area contributed by atoms with E-state index >= 15 is 0 Å². The molecule has 7 nitrogen and oxygen atoms in total. The number of hydrogen-bond acceptors (Lipinski definition) is 6. The molecule has 1 aromatic carbocycles. The maximum absolute atomic E-state index is 13.7. The lowest BCUT2D eigenvalue weighted by molar-refractivity contribution is -0.297. The van der Waals surface area contributed by atoms with E-state index in [0.29, 0.717) is 18.7 Å². The molecule has 2 aromatic rings. The lowest BCUT2D eigenvalue weighted by Gasteiger charge is -2.34. The van der Waals surface area contributed by atoms with Gasteiger partial charge >= 0.3 is 12.4 Å². The molecule has 1 aliphatic heterocycles. The smallest absolute Gasteiger partial charge is 0.406 e. The molecule has 0 bridgehead atoms. The molecular weight excluding hydrogens is 552 g/mol. The monoisotopic (exact) mass is 581 g/mol. The van der Waals surface area contributed by atoms with Crippen molar-refractivity contribution in [1.29, 1.82) is 0 Å². The van der Waals surface area contributed by atoms with Crippen molar-refractivity contribution in [3.63, 3.8) is 0 Å². The van der Waals surface area contributed by atoms with Gasteiger partial charge in [-0.3, -0.25) is 9.59 Å². The van der Waals surface area contributed by atoms with Crippen LogP contribution in [0.25, 0.3) is 10.4 Å². The fourth-order valence-corrected chi connectivity index (χ4v) is 5.17. The highest BCUT2D eigenvalue weighted by molar-refractivity contribution is 7.17. The highest BCUT2D eigenvalue weighted by atomic mass is 32.1. The average molecular weight is 582 g/mol. The normalized spacial score (nSPS) is 16.9. The van der Waals surface area contributed by atoms with Crippen molar-refractivity contribution in [2.24, 2.45) is 0 Å². The van der Waals surface area contributed by atoms with Crippen LogP contribution in [0.2, 0.25) is 0 Å². The molecule has 1 atom stereocenters. The summed E-state index contributed by atoms with van der Waals surface area (Å²) in [5, 5.41) is 12.2. The van der Waals surface area contributed by atoms with Crippen molar-refractivity contribution in [2.75, 3.05) is 20.2 Å². The topological polar surface area (TPSA) is 91.8 Å². The molecule has 2 heterocycles. The molecule has 2 N–H and O–H groups in total. The van der Waals surface area contributed by atoms with Crippen LogP contribution in [0.4, 0.5) is 26.3 Å². The van der Waals surface area contributed by atoms with Gasteiger partial charge in [-0.05, 0) is 58.2 Å². The number of rotatable bonds is 7. The highest BCUT2D eigenvalue weighted by Gasteiger charge is 2.68. The third-order valence-corrected chi connectivity index (χ3v) is 7.76. The van der Waals surface area contributed by atoms with Gasteiger partial charge in [0.2, 0.25) is 0 Å². The van der Waals surface area contributed by atoms with Gasteiger partial charge in [0.25, 0.3) is 11.8 Å². The second-order valence-electron chi connectivity index (χ2n) is 10.2. The fraction of sp³-hybridized carbons (Fsp3) is 0.560. The van der Waals surface area contributed by atoms with Crippen molar-refractivity contribution in [1.82, 2.24) is 15.2 Å². The Morgan fingerprint density at radius 3 is 2.26 bits per heavy atom. The molecule has 1 aliphatic rings. The van der Waals surface area contributed by atoms with Crippen LogP contribution < -0.4 is 10.1 Å². The minimum Gasteiger partial charge on any atom is -0.496 e. The molecule has 39 heavy (non-hydrogen) atoms. The van der Waals surface area contributed by atoms with Crippen LogP contribution in [0.3, 0.4) is 0 Å². The van der Waals surface area contributed by atoms with Gasteiger partial charge in [0.05, 0.1) is 17.6 Å². The van der Waals surface area contributed by atoms with Crippen LogP contribution >= 0.6 is 11.3 Å². The van der Waals surface area contributed by atoms with Crippen molar-refractivity contribution >= 4 is 23.2 Å². The number of aromatic nitrogens is 1. The van der Waals surface area contributed by atoms with Gasteiger partial charge in [0.1, 0.15) is 11.4 Å². The number of thiazole rings is 1. The average Bonchev–Trinajstić information content (AvgIpc) is 3.46. The van der Waals surface area contributed by atoms with E-state index in [4.69, 9.17) is 4.74 Å². The van der Waals surface area contributed by atoms with Gasteiger partial charge < -0.3 is 20.1 Å². The second kappa shape index (κ2) is 10.6. The zero-order chi connectivity index (χ0) is 29.6. The number of likely N-dealkylation sites (tertiary alicyclic amines) is 1. The first-order valence-electron chi connectivity index (χ1n) is 12.0. The number of methoxy groups -OCH3 is 1. The number of hydrogen-bond donors (Lipinski definition) is 2. The number of amides is 2. The van der Waals surface area contributed by atoms with E-state index in [0.717, 1.165) is 37.4 Å². The summed E-state index contributed by atoms with van der Waals surface area (Å²) < 4.78 is 87.3. The van der Waals surface area contributed by atoms with E-state index in [2.05, 4.69) is 10.3 Å². The van der Waals surface area contributed by atoms with Gasteiger partial charge in [0, 0.05) is 24.7 Å². The Hall–Kier alpha value is -2.87. The molecule has 3 rings (SSSR count). The molecule has 1 aromatic heterocycles. The quantitative estimate of drug-likeness (QED) is 0.432. The molecular formula is C25H29F6N3O4S. The van der Waals surface area contributed by atoms with E-state index in [-0.39, 0.29) is 46.4 Å². The SMILES string of the molecule is COc1cc(C(C)(C(F)(F)F)C(F)(F)F)ccc1-c1sc(C(=O)NCC(C)(C)O)nc1C(=O)N1CCC[C@@H]1C. The number of ether oxygens (including phenoxy) is 1. The van der Waals surface area contributed by atoms with Crippen molar-refractivity contribution in [2.45, 2.75) is 69.9 Å². The number of alkyl halides is 6. The Bertz CT molecular complexity index is 1220. The zero-order valence-electron chi connectivity index (χ0n) is 21.9. The zero-order valence-corrected chi connectivity index (χ0v) is 22.7. The molecule has 0 unspecified atom stereocenters. The van der Waals surface area contributed by atoms with E-state index in [1.807, 2.05) is 6.92 Å². The van der Waals surface area contributed by atoms with Crippen molar-refractivity contribution in [3.8, 4) is 16.2 Å². The van der Waals surface area contributed by atoms with Crippen molar-refractivity contribution in [3.05, 3.63) is 34.5 Å². The minimum atomic E-state index is -5.67. The molecule has 1 fully saturated rings. The molecule has 14 heteroatoms. The van der Waals surface area contributed by atoms with Gasteiger partial charge in [-0.15, -0.1) is 11.3 Å². The van der Waals surface area contributed by atoms with Crippen LogP contribution in [0.5, 0.6) is 5.75 Å². The van der Waals surface area contributed by atoms with Crippen LogP contribution in [0.15, 0.2) is 18.2 Å². The number of nitrogens with one attached hydrogen (secondary N) is 1. The molecule has 216 valence electrons. The summed E-state index contributed by atoms with van der Waals surface area (Å²) in [6.45, 7) is 5.08. The largest absolute Gasteiger partial charge is 0.496 e. The first kappa shape index (κ1) is 30.7. The summed E-state index contributed by atoms with van der Waals surface area (Å²) >= 11 is 0.737. The van der Waals surface area contributed by atoms with Gasteiger partial charge in [0.15, 0.2) is 10.4 Å². The Morgan fingerprint density at radius 1 is 1.15 bits per heavy atom. The van der Waals surface area contributed by atoms with E-state index in [9.17, 15) is 41.0 Å². The summed E-state index contributed by atoms with van der Waals surface area (Å²) in [6, 6.07) is 2.18. The van der Waals surface area contributed by atoms with Crippen LogP contribution in [0.1, 0.15) is 66.4 Å². The standard InChI is InChI=1S/C25H29F6N3O4S/c1-13-7-6-10-34(13)21(36)17-18(39-20(33-17)19(35)32-12-22(2,3)37)15-9-8-14(11-16(15)38-5)23(4,24(26,27)28)25(29,30)31/h8-9,11,13,37H,6-7,10,12H2,1-5H3,(H,32,35)/t13-/m0/s1. The third kappa shape index (κ3) is 6.01. The van der Waals surface area contributed by atoms with Gasteiger partial charge in [-0.2, -0.15) is 26.3 Å². The van der Waals surface area contributed by atoms with E-state index in [1.165, 1.54) is 13.8 Å². The lowest BCUT2D eigenvalue weighted by Crippen LogP contribution is -2.51. The maximum Gasteiger partial charge on any atom is 0.406 e.